The Morgan fingerprint density at radius 2 is 2.11 bits per heavy atom. The van der Waals surface area contributed by atoms with E-state index in [0.717, 1.165) is 0 Å². The van der Waals surface area contributed by atoms with Crippen LogP contribution in [-0.2, 0) is 11.2 Å². The molecule has 2 aromatic rings. The average Bonchev–Trinajstić information content (AvgIpc) is 2.74. The van der Waals surface area contributed by atoms with Crippen molar-refractivity contribution in [1.29, 1.82) is 0 Å². The van der Waals surface area contributed by atoms with E-state index in [1.807, 2.05) is 6.92 Å². The standard InChI is InChI=1S/C13H13NO5/c1-3-9-11(12(15)19-13(14)16)8-5-4-7(17-2)6-10(8)18-9/h4-6H,3H2,1-2H3,(H2,14,16). The van der Waals surface area contributed by atoms with Crippen LogP contribution >= 0.6 is 0 Å². The third kappa shape index (κ3) is 2.37. The zero-order valence-electron chi connectivity index (χ0n) is 10.6. The molecule has 1 heterocycles. The van der Waals surface area contributed by atoms with Crippen molar-refractivity contribution in [1.82, 2.24) is 0 Å². The Bertz CT molecular complexity index is 644. The van der Waals surface area contributed by atoms with E-state index >= 15 is 0 Å². The number of nitrogens with two attached hydrogens (primary N) is 1. The van der Waals surface area contributed by atoms with E-state index in [0.29, 0.717) is 28.9 Å². The number of amides is 1. The lowest BCUT2D eigenvalue weighted by Crippen LogP contribution is -2.19. The first kappa shape index (κ1) is 12.9. The number of fused-ring (bicyclic) bond motifs is 1. The van der Waals surface area contributed by atoms with Gasteiger partial charge in [-0.05, 0) is 12.1 Å². The van der Waals surface area contributed by atoms with Crippen molar-refractivity contribution in [3.05, 3.63) is 29.5 Å². The molecule has 0 saturated heterocycles. The maximum atomic E-state index is 11.9. The largest absolute Gasteiger partial charge is 0.497 e. The number of rotatable bonds is 3. The van der Waals surface area contributed by atoms with Gasteiger partial charge in [0.2, 0.25) is 0 Å². The highest BCUT2D eigenvalue weighted by molar-refractivity contribution is 6.07. The van der Waals surface area contributed by atoms with Crippen molar-refractivity contribution in [2.45, 2.75) is 13.3 Å². The number of carbonyl (C=O) groups is 2. The number of benzene rings is 1. The summed E-state index contributed by atoms with van der Waals surface area (Å²) in [5.74, 6) is 0.237. The van der Waals surface area contributed by atoms with Crippen LogP contribution in [0.5, 0.6) is 5.75 Å². The summed E-state index contributed by atoms with van der Waals surface area (Å²) < 4.78 is 15.1. The summed E-state index contributed by atoms with van der Waals surface area (Å²) in [6, 6.07) is 5.03. The molecule has 0 aliphatic rings. The molecule has 0 aliphatic carbocycles. The molecule has 0 spiro atoms. The van der Waals surface area contributed by atoms with Crippen LogP contribution in [0.1, 0.15) is 23.0 Å². The number of methoxy groups -OCH3 is 1. The highest BCUT2D eigenvalue weighted by Gasteiger charge is 2.22. The van der Waals surface area contributed by atoms with E-state index < -0.39 is 12.1 Å². The first-order valence-electron chi connectivity index (χ1n) is 5.67. The number of furan rings is 1. The second-order valence-electron chi connectivity index (χ2n) is 3.82. The molecule has 6 heteroatoms. The van der Waals surface area contributed by atoms with Gasteiger partial charge in [0.25, 0.3) is 0 Å². The maximum Gasteiger partial charge on any atom is 0.412 e. The predicted molar refractivity (Wildman–Crippen MR) is 67.1 cm³/mol. The first-order valence-corrected chi connectivity index (χ1v) is 5.67. The molecule has 0 unspecified atom stereocenters. The van der Waals surface area contributed by atoms with Crippen LogP contribution in [0.25, 0.3) is 11.0 Å². The third-order valence-electron chi connectivity index (χ3n) is 2.69. The summed E-state index contributed by atoms with van der Waals surface area (Å²) in [5.41, 5.74) is 5.56. The molecular weight excluding hydrogens is 250 g/mol. The number of esters is 1. The highest BCUT2D eigenvalue weighted by atomic mass is 16.6. The lowest BCUT2D eigenvalue weighted by atomic mass is 10.1. The molecule has 19 heavy (non-hydrogen) atoms. The Hall–Kier alpha value is -2.50. The Morgan fingerprint density at radius 3 is 2.68 bits per heavy atom. The first-order chi connectivity index (χ1) is 9.06. The van der Waals surface area contributed by atoms with Crippen LogP contribution in [0.15, 0.2) is 22.6 Å². The fourth-order valence-electron chi connectivity index (χ4n) is 1.87. The Balaban J connectivity index is 2.57. The number of carbonyl (C=O) groups excluding carboxylic acids is 2. The SMILES string of the molecule is CCc1oc2cc(OC)ccc2c1C(=O)OC(N)=O. The van der Waals surface area contributed by atoms with Gasteiger partial charge in [0.15, 0.2) is 0 Å². The minimum atomic E-state index is -1.14. The van der Waals surface area contributed by atoms with Gasteiger partial charge in [0.05, 0.1) is 7.11 Å². The fourth-order valence-corrected chi connectivity index (χ4v) is 1.87. The summed E-state index contributed by atoms with van der Waals surface area (Å²) in [6.07, 6.45) is -0.657. The van der Waals surface area contributed by atoms with Gasteiger partial charge in [0, 0.05) is 17.9 Å². The van der Waals surface area contributed by atoms with E-state index in [4.69, 9.17) is 14.9 Å². The van der Waals surface area contributed by atoms with Crippen LogP contribution in [0, 0.1) is 0 Å². The van der Waals surface area contributed by atoms with Gasteiger partial charge in [-0.1, -0.05) is 6.92 Å². The highest BCUT2D eigenvalue weighted by Crippen LogP contribution is 2.30. The number of primary amides is 1. The number of hydrogen-bond donors (Lipinski definition) is 1. The van der Waals surface area contributed by atoms with Crippen LogP contribution < -0.4 is 10.5 Å². The molecule has 0 radical (unpaired) electrons. The van der Waals surface area contributed by atoms with Gasteiger partial charge in [-0.2, -0.15) is 0 Å². The number of aryl methyl sites for hydroxylation is 1. The van der Waals surface area contributed by atoms with E-state index in [2.05, 4.69) is 4.74 Å². The minimum Gasteiger partial charge on any atom is -0.497 e. The topological polar surface area (TPSA) is 91.8 Å². The molecule has 0 saturated carbocycles. The molecule has 2 N–H and O–H groups in total. The van der Waals surface area contributed by atoms with Crippen molar-refractivity contribution in [3.8, 4) is 5.75 Å². The van der Waals surface area contributed by atoms with Crippen molar-refractivity contribution in [2.24, 2.45) is 5.73 Å². The second-order valence-corrected chi connectivity index (χ2v) is 3.82. The van der Waals surface area contributed by atoms with Crippen LogP contribution in [0.2, 0.25) is 0 Å². The van der Waals surface area contributed by atoms with Gasteiger partial charge in [-0.25, -0.2) is 9.59 Å². The predicted octanol–water partition coefficient (Wildman–Crippen LogP) is 2.24. The van der Waals surface area contributed by atoms with Gasteiger partial charge < -0.3 is 19.6 Å². The van der Waals surface area contributed by atoms with E-state index in [-0.39, 0.29) is 5.56 Å². The average molecular weight is 263 g/mol. The number of hydrogen-bond acceptors (Lipinski definition) is 5. The van der Waals surface area contributed by atoms with E-state index in [1.165, 1.54) is 7.11 Å². The van der Waals surface area contributed by atoms with Crippen molar-refractivity contribution in [2.75, 3.05) is 7.11 Å². The lowest BCUT2D eigenvalue weighted by Gasteiger charge is -2.00. The van der Waals surface area contributed by atoms with Gasteiger partial charge in [-0.15, -0.1) is 0 Å². The summed E-state index contributed by atoms with van der Waals surface area (Å²) >= 11 is 0. The molecule has 100 valence electrons. The number of ether oxygens (including phenoxy) is 2. The zero-order chi connectivity index (χ0) is 14.0. The molecule has 1 amide bonds. The van der Waals surface area contributed by atoms with Gasteiger partial charge in [-0.3, -0.25) is 0 Å². The summed E-state index contributed by atoms with van der Waals surface area (Å²) in [5, 5.41) is 0.559. The summed E-state index contributed by atoms with van der Waals surface area (Å²) in [4.78, 5) is 22.5. The fraction of sp³-hybridized carbons (Fsp3) is 0.231. The van der Waals surface area contributed by atoms with E-state index in [9.17, 15) is 9.59 Å². The molecular formula is C13H13NO5. The molecule has 2 rings (SSSR count). The van der Waals surface area contributed by atoms with Crippen molar-refractivity contribution >= 4 is 23.0 Å². The van der Waals surface area contributed by atoms with Crippen molar-refractivity contribution in [3.63, 3.8) is 0 Å². The molecule has 0 atom stereocenters. The normalized spacial score (nSPS) is 10.4. The van der Waals surface area contributed by atoms with Gasteiger partial charge in [0.1, 0.15) is 22.7 Å². The van der Waals surface area contributed by atoms with Crippen LogP contribution in [0.3, 0.4) is 0 Å². The van der Waals surface area contributed by atoms with Crippen LogP contribution in [-0.4, -0.2) is 19.2 Å². The Labute approximate surface area is 109 Å². The van der Waals surface area contributed by atoms with Crippen molar-refractivity contribution < 1.29 is 23.5 Å². The summed E-state index contributed by atoms with van der Waals surface area (Å²) in [6.45, 7) is 1.83. The summed E-state index contributed by atoms with van der Waals surface area (Å²) in [7, 11) is 1.53. The van der Waals surface area contributed by atoms with E-state index in [1.54, 1.807) is 18.2 Å². The molecule has 6 nitrogen and oxygen atoms in total. The third-order valence-corrected chi connectivity index (χ3v) is 2.69. The zero-order valence-corrected chi connectivity index (χ0v) is 10.6. The molecule has 0 bridgehead atoms. The monoisotopic (exact) mass is 263 g/mol. The Morgan fingerprint density at radius 1 is 1.37 bits per heavy atom. The lowest BCUT2D eigenvalue weighted by molar-refractivity contribution is 0.0638. The quantitative estimate of drug-likeness (QED) is 0.677. The molecule has 1 aromatic heterocycles. The molecule has 0 aliphatic heterocycles. The van der Waals surface area contributed by atoms with Gasteiger partial charge >= 0.3 is 12.1 Å². The molecule has 1 aromatic carbocycles. The Kier molecular flexibility index (Phi) is 3.41. The maximum absolute atomic E-state index is 11.9. The van der Waals surface area contributed by atoms with Crippen LogP contribution in [0.4, 0.5) is 4.79 Å². The second kappa shape index (κ2) is 5.01. The molecule has 0 fully saturated rings. The minimum absolute atomic E-state index is 0.221. The smallest absolute Gasteiger partial charge is 0.412 e.